The molecule has 2 aromatic rings. The second-order valence-corrected chi connectivity index (χ2v) is 7.55. The molecule has 0 aliphatic carbocycles. The maximum Gasteiger partial charge on any atom is 0.235 e. The third kappa shape index (κ3) is 4.33. The molecule has 0 spiro atoms. The Morgan fingerprint density at radius 2 is 1.74 bits per heavy atom. The fourth-order valence-corrected chi connectivity index (χ4v) is 4.18. The van der Waals surface area contributed by atoms with Crippen LogP contribution in [0.1, 0.15) is 19.3 Å². The van der Waals surface area contributed by atoms with E-state index >= 15 is 0 Å². The average Bonchev–Trinajstić information content (AvgIpc) is 2.56. The van der Waals surface area contributed by atoms with Crippen molar-refractivity contribution in [3.63, 3.8) is 0 Å². The number of hydrogen-bond donors (Lipinski definition) is 1. The van der Waals surface area contributed by atoms with Crippen molar-refractivity contribution in [3.05, 3.63) is 54.6 Å². The van der Waals surface area contributed by atoms with Gasteiger partial charge in [-0.2, -0.15) is 0 Å². The molecule has 0 radical (unpaired) electrons. The van der Waals surface area contributed by atoms with Crippen molar-refractivity contribution in [1.82, 2.24) is 0 Å². The van der Waals surface area contributed by atoms with Gasteiger partial charge in [0.2, 0.25) is 10.0 Å². The van der Waals surface area contributed by atoms with E-state index in [1.54, 1.807) is 6.07 Å². The highest BCUT2D eigenvalue weighted by molar-refractivity contribution is 7.92. The van der Waals surface area contributed by atoms with E-state index in [0.717, 1.165) is 30.4 Å². The van der Waals surface area contributed by atoms with Gasteiger partial charge in [0.25, 0.3) is 0 Å². The van der Waals surface area contributed by atoms with Gasteiger partial charge in [-0.1, -0.05) is 48.5 Å². The number of rotatable bonds is 5. The van der Waals surface area contributed by atoms with Crippen LogP contribution in [0.4, 0.5) is 5.69 Å². The molecule has 0 saturated carbocycles. The van der Waals surface area contributed by atoms with Gasteiger partial charge in [-0.15, -0.1) is 0 Å². The molecule has 1 N–H and O–H groups in total. The van der Waals surface area contributed by atoms with E-state index in [2.05, 4.69) is 4.72 Å². The minimum Gasteiger partial charge on any atom is -0.377 e. The molecule has 0 aromatic heterocycles. The van der Waals surface area contributed by atoms with Crippen LogP contribution in [0, 0.1) is 0 Å². The molecule has 5 heteroatoms. The number of para-hydroxylation sites is 1. The smallest absolute Gasteiger partial charge is 0.235 e. The van der Waals surface area contributed by atoms with Crippen LogP contribution in [0.5, 0.6) is 0 Å². The molecule has 1 heterocycles. The summed E-state index contributed by atoms with van der Waals surface area (Å²) in [6, 6.07) is 17.2. The first-order valence-electron chi connectivity index (χ1n) is 7.91. The molecule has 0 bridgehead atoms. The van der Waals surface area contributed by atoms with Crippen LogP contribution >= 0.6 is 0 Å². The van der Waals surface area contributed by atoms with E-state index in [9.17, 15) is 8.42 Å². The second-order valence-electron chi connectivity index (χ2n) is 5.78. The van der Waals surface area contributed by atoms with Crippen molar-refractivity contribution in [2.24, 2.45) is 0 Å². The highest BCUT2D eigenvalue weighted by atomic mass is 32.2. The fourth-order valence-electron chi connectivity index (χ4n) is 2.83. The maximum atomic E-state index is 12.5. The number of ether oxygens (including phenoxy) is 1. The lowest BCUT2D eigenvalue weighted by Gasteiger charge is -2.23. The predicted octanol–water partition coefficient (Wildman–Crippen LogP) is 3.66. The number of anilines is 1. The van der Waals surface area contributed by atoms with Crippen LogP contribution in [-0.2, 0) is 14.8 Å². The molecular formula is C18H21NO3S. The Labute approximate surface area is 137 Å². The molecule has 0 amide bonds. The molecule has 23 heavy (non-hydrogen) atoms. The Bertz CT molecular complexity index is 738. The summed E-state index contributed by atoms with van der Waals surface area (Å²) in [6.45, 7) is 0.654. The van der Waals surface area contributed by atoms with Crippen LogP contribution < -0.4 is 4.72 Å². The molecule has 1 saturated heterocycles. The minimum absolute atomic E-state index is 0.0100. The third-order valence-corrected chi connectivity index (χ3v) is 5.30. The topological polar surface area (TPSA) is 55.4 Å². The van der Waals surface area contributed by atoms with Crippen LogP contribution in [-0.4, -0.2) is 26.9 Å². The van der Waals surface area contributed by atoms with Crippen molar-refractivity contribution in [2.45, 2.75) is 25.4 Å². The lowest BCUT2D eigenvalue weighted by atomic mass is 10.0. The first-order valence-corrected chi connectivity index (χ1v) is 9.56. The summed E-state index contributed by atoms with van der Waals surface area (Å²) in [5, 5.41) is 0. The molecule has 1 atom stereocenters. The first-order chi connectivity index (χ1) is 11.1. The summed E-state index contributed by atoms with van der Waals surface area (Å²) >= 11 is 0. The Morgan fingerprint density at radius 3 is 2.48 bits per heavy atom. The van der Waals surface area contributed by atoms with E-state index in [1.165, 1.54) is 0 Å². The van der Waals surface area contributed by atoms with Crippen molar-refractivity contribution in [2.75, 3.05) is 17.1 Å². The van der Waals surface area contributed by atoms with Gasteiger partial charge in [0, 0.05) is 12.2 Å². The molecule has 4 nitrogen and oxygen atoms in total. The number of nitrogens with one attached hydrogen (secondary N) is 1. The van der Waals surface area contributed by atoms with Crippen molar-refractivity contribution in [3.8, 4) is 11.1 Å². The van der Waals surface area contributed by atoms with Crippen LogP contribution in [0.3, 0.4) is 0 Å². The number of hydrogen-bond acceptors (Lipinski definition) is 3. The molecule has 2 aromatic carbocycles. The van der Waals surface area contributed by atoms with E-state index in [1.807, 2.05) is 48.5 Å². The molecule has 122 valence electrons. The van der Waals surface area contributed by atoms with Gasteiger partial charge >= 0.3 is 0 Å². The first kappa shape index (κ1) is 16.0. The van der Waals surface area contributed by atoms with E-state index in [0.29, 0.717) is 12.3 Å². The summed E-state index contributed by atoms with van der Waals surface area (Å²) in [5.41, 5.74) is 2.47. The van der Waals surface area contributed by atoms with Crippen molar-refractivity contribution in [1.29, 1.82) is 0 Å². The standard InChI is InChI=1S/C18H21NO3S/c20-23(21,14-16-10-6-7-13-22-16)19-18-12-5-4-11-17(18)15-8-2-1-3-9-15/h1-5,8-9,11-12,16,19H,6-7,10,13-14H2/t16-/m1/s1. The summed E-state index contributed by atoms with van der Waals surface area (Å²) in [5.74, 6) is 0.0100. The summed E-state index contributed by atoms with van der Waals surface area (Å²) < 4.78 is 33.2. The van der Waals surface area contributed by atoms with E-state index < -0.39 is 10.0 Å². The lowest BCUT2D eigenvalue weighted by molar-refractivity contribution is 0.0306. The van der Waals surface area contributed by atoms with Crippen LogP contribution in [0.15, 0.2) is 54.6 Å². The van der Waals surface area contributed by atoms with Crippen LogP contribution in [0.2, 0.25) is 0 Å². The molecule has 0 unspecified atom stereocenters. The Morgan fingerprint density at radius 1 is 1.00 bits per heavy atom. The highest BCUT2D eigenvalue weighted by Gasteiger charge is 2.22. The zero-order chi connectivity index (χ0) is 16.1. The van der Waals surface area contributed by atoms with Gasteiger partial charge in [-0.3, -0.25) is 4.72 Å². The number of sulfonamides is 1. The highest BCUT2D eigenvalue weighted by Crippen LogP contribution is 2.28. The molecule has 1 aliphatic heterocycles. The van der Waals surface area contributed by atoms with Gasteiger partial charge in [-0.05, 0) is 30.9 Å². The van der Waals surface area contributed by atoms with Gasteiger partial charge < -0.3 is 4.74 Å². The number of benzene rings is 2. The van der Waals surface area contributed by atoms with Gasteiger partial charge in [0.1, 0.15) is 0 Å². The Hall–Kier alpha value is -1.85. The fraction of sp³-hybridized carbons (Fsp3) is 0.333. The summed E-state index contributed by atoms with van der Waals surface area (Å²) in [6.07, 6.45) is 2.65. The predicted molar refractivity (Wildman–Crippen MR) is 92.9 cm³/mol. The largest absolute Gasteiger partial charge is 0.377 e. The zero-order valence-corrected chi connectivity index (χ0v) is 13.8. The van der Waals surface area contributed by atoms with Crippen LogP contribution in [0.25, 0.3) is 11.1 Å². The van der Waals surface area contributed by atoms with Gasteiger partial charge in [-0.25, -0.2) is 8.42 Å². The lowest BCUT2D eigenvalue weighted by Crippen LogP contribution is -2.31. The third-order valence-electron chi connectivity index (χ3n) is 3.96. The van der Waals surface area contributed by atoms with Crippen molar-refractivity contribution < 1.29 is 13.2 Å². The quantitative estimate of drug-likeness (QED) is 0.909. The van der Waals surface area contributed by atoms with E-state index in [4.69, 9.17) is 4.74 Å². The normalized spacial score (nSPS) is 18.5. The van der Waals surface area contributed by atoms with Crippen molar-refractivity contribution >= 4 is 15.7 Å². The SMILES string of the molecule is O=S(=O)(C[C@H]1CCCCO1)Nc1ccccc1-c1ccccc1. The second kappa shape index (κ2) is 7.15. The summed E-state index contributed by atoms with van der Waals surface area (Å²) in [7, 11) is -3.44. The van der Waals surface area contributed by atoms with Gasteiger partial charge in [0.05, 0.1) is 17.5 Å². The van der Waals surface area contributed by atoms with E-state index in [-0.39, 0.29) is 11.9 Å². The molecule has 1 fully saturated rings. The molecule has 1 aliphatic rings. The average molecular weight is 331 g/mol. The van der Waals surface area contributed by atoms with Gasteiger partial charge in [0.15, 0.2) is 0 Å². The summed E-state index contributed by atoms with van der Waals surface area (Å²) in [4.78, 5) is 0. The Kier molecular flexibility index (Phi) is 4.98. The Balaban J connectivity index is 1.79. The zero-order valence-electron chi connectivity index (χ0n) is 12.9. The molecular weight excluding hydrogens is 310 g/mol. The maximum absolute atomic E-state index is 12.5. The monoisotopic (exact) mass is 331 g/mol. The molecule has 3 rings (SSSR count). The minimum atomic E-state index is -3.44.